The first-order valence-corrected chi connectivity index (χ1v) is 11.0. The first-order valence-electron chi connectivity index (χ1n) is 10.6. The van der Waals surface area contributed by atoms with Crippen LogP contribution in [0.2, 0.25) is 5.02 Å². The van der Waals surface area contributed by atoms with Crippen molar-refractivity contribution in [1.29, 1.82) is 5.26 Å². The zero-order chi connectivity index (χ0) is 24.7. The number of anilines is 1. The van der Waals surface area contributed by atoms with Gasteiger partial charge in [-0.25, -0.2) is 4.39 Å². The molecule has 5 nitrogen and oxygen atoms in total. The molecule has 0 aliphatic carbocycles. The number of benzene rings is 3. The van der Waals surface area contributed by atoms with Crippen molar-refractivity contribution in [3.05, 3.63) is 93.3 Å². The van der Waals surface area contributed by atoms with Gasteiger partial charge in [0.2, 0.25) is 0 Å². The third kappa shape index (κ3) is 6.15. The Labute approximate surface area is 203 Å². The molecule has 0 saturated carbocycles. The summed E-state index contributed by atoms with van der Waals surface area (Å²) in [7, 11) is 0. The lowest BCUT2D eigenvalue weighted by Crippen LogP contribution is -2.14. The van der Waals surface area contributed by atoms with Crippen LogP contribution in [-0.2, 0) is 11.4 Å². The Hall–Kier alpha value is -3.82. The first kappa shape index (κ1) is 24.8. The molecule has 0 saturated heterocycles. The molecule has 0 radical (unpaired) electrons. The summed E-state index contributed by atoms with van der Waals surface area (Å²) in [6, 6.07) is 16.8. The van der Waals surface area contributed by atoms with Crippen molar-refractivity contribution in [1.82, 2.24) is 0 Å². The molecule has 0 heterocycles. The van der Waals surface area contributed by atoms with Gasteiger partial charge in [-0.05, 0) is 73.4 Å². The van der Waals surface area contributed by atoms with Gasteiger partial charge < -0.3 is 14.8 Å². The summed E-state index contributed by atoms with van der Waals surface area (Å²) in [4.78, 5) is 12.5. The lowest BCUT2D eigenvalue weighted by atomic mass is 10.1. The van der Waals surface area contributed by atoms with E-state index < -0.39 is 11.7 Å². The fourth-order valence-electron chi connectivity index (χ4n) is 3.19. The van der Waals surface area contributed by atoms with E-state index in [0.29, 0.717) is 30.3 Å². The molecule has 0 fully saturated rings. The Bertz CT molecular complexity index is 1280. The van der Waals surface area contributed by atoms with E-state index in [4.69, 9.17) is 21.1 Å². The van der Waals surface area contributed by atoms with Gasteiger partial charge in [0, 0.05) is 0 Å². The molecule has 1 N–H and O–H groups in total. The Morgan fingerprint density at radius 1 is 1.12 bits per heavy atom. The summed E-state index contributed by atoms with van der Waals surface area (Å²) >= 11 is 6.48. The number of nitrogens with one attached hydrogen (secondary N) is 1. The normalized spacial score (nSPS) is 11.0. The fourth-order valence-corrected chi connectivity index (χ4v) is 3.46. The van der Waals surface area contributed by atoms with E-state index in [1.165, 1.54) is 29.8 Å². The zero-order valence-corrected chi connectivity index (χ0v) is 19.9. The van der Waals surface area contributed by atoms with Crippen LogP contribution < -0.4 is 14.8 Å². The second-order valence-electron chi connectivity index (χ2n) is 7.57. The van der Waals surface area contributed by atoms with Crippen LogP contribution in [0.1, 0.15) is 29.2 Å². The van der Waals surface area contributed by atoms with Crippen molar-refractivity contribution in [3.8, 4) is 17.6 Å². The third-order valence-electron chi connectivity index (χ3n) is 5.08. The van der Waals surface area contributed by atoms with E-state index in [0.717, 1.165) is 11.1 Å². The highest BCUT2D eigenvalue weighted by molar-refractivity contribution is 6.32. The fraction of sp³-hybridized carbons (Fsp3) is 0.185. The molecule has 1 amide bonds. The molecule has 174 valence electrons. The van der Waals surface area contributed by atoms with E-state index in [-0.39, 0.29) is 16.3 Å². The van der Waals surface area contributed by atoms with Gasteiger partial charge in [0.05, 0.1) is 17.3 Å². The predicted octanol–water partition coefficient (Wildman–Crippen LogP) is 6.62. The van der Waals surface area contributed by atoms with E-state index in [9.17, 15) is 14.4 Å². The van der Waals surface area contributed by atoms with Crippen molar-refractivity contribution in [2.45, 2.75) is 27.4 Å². The SMILES string of the molecule is CCOc1cc(/C=C(\C#N)C(=O)Nc2ccccc2F)cc(Cl)c1OCc1ccc(C)c(C)c1. The average molecular weight is 479 g/mol. The highest BCUT2D eigenvalue weighted by atomic mass is 35.5. The van der Waals surface area contributed by atoms with Crippen LogP contribution in [0.3, 0.4) is 0 Å². The minimum atomic E-state index is -0.739. The highest BCUT2D eigenvalue weighted by Crippen LogP contribution is 2.38. The van der Waals surface area contributed by atoms with Crippen molar-refractivity contribution in [3.63, 3.8) is 0 Å². The number of halogens is 2. The summed E-state index contributed by atoms with van der Waals surface area (Å²) in [6.07, 6.45) is 1.36. The Morgan fingerprint density at radius 2 is 1.88 bits per heavy atom. The number of ether oxygens (including phenoxy) is 2. The summed E-state index contributed by atoms with van der Waals surface area (Å²) in [5.41, 5.74) is 3.58. The molecular formula is C27H24ClFN2O3. The standard InChI is InChI=1S/C27H24ClFN2O3/c1-4-33-25-14-20(12-21(15-30)27(32)31-24-8-6-5-7-23(24)29)13-22(28)26(25)34-16-19-10-9-17(2)18(3)11-19/h5-14H,4,16H2,1-3H3,(H,31,32)/b21-12+. The first-order chi connectivity index (χ1) is 16.3. The van der Waals surface area contributed by atoms with Crippen molar-refractivity contribution >= 4 is 29.3 Å². The molecule has 34 heavy (non-hydrogen) atoms. The molecule has 3 aromatic rings. The van der Waals surface area contributed by atoms with Crippen LogP contribution in [0.25, 0.3) is 6.08 Å². The highest BCUT2D eigenvalue weighted by Gasteiger charge is 2.16. The number of hydrogen-bond acceptors (Lipinski definition) is 4. The average Bonchev–Trinajstić information content (AvgIpc) is 2.80. The van der Waals surface area contributed by atoms with Gasteiger partial charge in [-0.15, -0.1) is 0 Å². The Kier molecular flexibility index (Phi) is 8.29. The van der Waals surface area contributed by atoms with E-state index in [2.05, 4.69) is 5.32 Å². The maximum atomic E-state index is 13.9. The summed E-state index contributed by atoms with van der Waals surface area (Å²) in [6.45, 7) is 6.56. The Balaban J connectivity index is 1.86. The molecule has 0 bridgehead atoms. The molecule has 3 rings (SSSR count). The van der Waals surface area contributed by atoms with Crippen LogP contribution in [0.5, 0.6) is 11.5 Å². The smallest absolute Gasteiger partial charge is 0.266 e. The summed E-state index contributed by atoms with van der Waals surface area (Å²) < 4.78 is 25.5. The van der Waals surface area contributed by atoms with Crippen molar-refractivity contribution in [2.24, 2.45) is 0 Å². The number of nitrogens with zero attached hydrogens (tertiary/aromatic N) is 1. The van der Waals surface area contributed by atoms with E-state index in [1.54, 1.807) is 18.2 Å². The number of amides is 1. The van der Waals surface area contributed by atoms with Gasteiger partial charge in [-0.2, -0.15) is 5.26 Å². The predicted molar refractivity (Wildman–Crippen MR) is 131 cm³/mol. The largest absolute Gasteiger partial charge is 0.490 e. The van der Waals surface area contributed by atoms with Gasteiger partial charge in [0.15, 0.2) is 11.5 Å². The number of carbonyl (C=O) groups is 1. The van der Waals surface area contributed by atoms with E-state index in [1.807, 2.05) is 45.0 Å². The van der Waals surface area contributed by atoms with Crippen LogP contribution in [-0.4, -0.2) is 12.5 Å². The summed E-state index contributed by atoms with van der Waals surface area (Å²) in [5.74, 6) is -0.582. The number of para-hydroxylation sites is 1. The topological polar surface area (TPSA) is 71.3 Å². The number of aryl methyl sites for hydroxylation is 2. The molecular weight excluding hydrogens is 455 g/mol. The number of rotatable bonds is 8. The van der Waals surface area contributed by atoms with Crippen LogP contribution in [0.4, 0.5) is 10.1 Å². The lowest BCUT2D eigenvalue weighted by molar-refractivity contribution is -0.112. The molecule has 7 heteroatoms. The maximum Gasteiger partial charge on any atom is 0.266 e. The molecule has 3 aromatic carbocycles. The van der Waals surface area contributed by atoms with Crippen molar-refractivity contribution in [2.75, 3.05) is 11.9 Å². The van der Waals surface area contributed by atoms with Crippen LogP contribution in [0, 0.1) is 31.0 Å². The van der Waals surface area contributed by atoms with E-state index >= 15 is 0 Å². The zero-order valence-electron chi connectivity index (χ0n) is 19.1. The second-order valence-corrected chi connectivity index (χ2v) is 7.98. The number of hydrogen-bond donors (Lipinski definition) is 1. The number of nitriles is 1. The number of carbonyl (C=O) groups excluding carboxylic acids is 1. The van der Waals surface area contributed by atoms with Crippen LogP contribution >= 0.6 is 11.6 Å². The van der Waals surface area contributed by atoms with Gasteiger partial charge in [0.25, 0.3) is 5.91 Å². The monoisotopic (exact) mass is 478 g/mol. The lowest BCUT2D eigenvalue weighted by Gasteiger charge is -2.15. The Morgan fingerprint density at radius 3 is 2.56 bits per heavy atom. The van der Waals surface area contributed by atoms with Crippen LogP contribution in [0.15, 0.2) is 60.2 Å². The maximum absolute atomic E-state index is 13.9. The molecule has 0 unspecified atom stereocenters. The molecule has 0 aromatic heterocycles. The van der Waals surface area contributed by atoms with Crippen molar-refractivity contribution < 1.29 is 18.7 Å². The molecule has 0 aliphatic heterocycles. The van der Waals surface area contributed by atoms with Gasteiger partial charge >= 0.3 is 0 Å². The minimum Gasteiger partial charge on any atom is -0.490 e. The van der Waals surface area contributed by atoms with Gasteiger partial charge in [-0.1, -0.05) is 41.9 Å². The minimum absolute atomic E-state index is 0.0169. The molecule has 0 aliphatic rings. The van der Waals surface area contributed by atoms with Gasteiger partial charge in [-0.3, -0.25) is 4.79 Å². The molecule has 0 atom stereocenters. The summed E-state index contributed by atoms with van der Waals surface area (Å²) in [5, 5.41) is 12.2. The molecule has 0 spiro atoms. The third-order valence-corrected chi connectivity index (χ3v) is 5.37. The quantitative estimate of drug-likeness (QED) is 0.292. The second kappa shape index (κ2) is 11.4. The van der Waals surface area contributed by atoms with Gasteiger partial charge in [0.1, 0.15) is 24.1 Å².